The first kappa shape index (κ1) is 10.3. The molecule has 0 bridgehead atoms. The third-order valence-corrected chi connectivity index (χ3v) is 3.48. The van der Waals surface area contributed by atoms with Crippen LogP contribution in [0, 0.1) is 13.8 Å². The van der Waals surface area contributed by atoms with Crippen LogP contribution in [0.3, 0.4) is 0 Å². The fraction of sp³-hybridized carbons (Fsp3) is 0.267. The normalized spacial score (nSPS) is 17.4. The second-order valence-corrected chi connectivity index (χ2v) is 4.65. The molecule has 1 atom stereocenters. The van der Waals surface area contributed by atoms with Crippen LogP contribution < -0.4 is 0 Å². The quantitative estimate of drug-likeness (QED) is 0.734. The van der Waals surface area contributed by atoms with Crippen molar-refractivity contribution in [1.29, 1.82) is 0 Å². The topological polar surface area (TPSA) is 30.2 Å². The van der Waals surface area contributed by atoms with E-state index in [9.17, 15) is 4.79 Å². The maximum atomic E-state index is 12.4. The minimum absolute atomic E-state index is 0.0295. The summed E-state index contributed by atoms with van der Waals surface area (Å²) in [7, 11) is 0. The van der Waals surface area contributed by atoms with Crippen LogP contribution in [0.2, 0.25) is 0 Å². The van der Waals surface area contributed by atoms with Gasteiger partial charge in [0.25, 0.3) is 0 Å². The molecular weight excluding hydrogens is 212 g/mol. The van der Waals surface area contributed by atoms with E-state index in [2.05, 4.69) is 6.07 Å². The number of carbonyl (C=O) groups is 1. The van der Waals surface area contributed by atoms with Crippen molar-refractivity contribution >= 4 is 5.78 Å². The van der Waals surface area contributed by atoms with Crippen molar-refractivity contribution in [2.45, 2.75) is 26.2 Å². The second-order valence-electron chi connectivity index (χ2n) is 4.65. The lowest BCUT2D eigenvalue weighted by molar-refractivity contribution is 0.0947. The maximum Gasteiger partial charge on any atom is 0.174 e. The molecule has 0 spiro atoms. The Morgan fingerprint density at radius 2 is 2.06 bits per heavy atom. The van der Waals surface area contributed by atoms with Crippen LogP contribution >= 0.6 is 0 Å². The Kier molecular flexibility index (Phi) is 2.18. The lowest BCUT2D eigenvalue weighted by Gasteiger charge is -2.28. The van der Waals surface area contributed by atoms with E-state index in [4.69, 9.17) is 4.42 Å². The summed E-state index contributed by atoms with van der Waals surface area (Å²) in [6, 6.07) is 9.99. The van der Waals surface area contributed by atoms with Crippen LogP contribution in [0.15, 0.2) is 34.7 Å². The summed E-state index contributed by atoms with van der Waals surface area (Å²) < 4.78 is 5.42. The highest BCUT2D eigenvalue weighted by Gasteiger charge is 2.33. The van der Waals surface area contributed by atoms with Crippen LogP contribution in [0.4, 0.5) is 0 Å². The summed E-state index contributed by atoms with van der Waals surface area (Å²) in [5, 5.41) is 0. The van der Waals surface area contributed by atoms with Crippen molar-refractivity contribution in [1.82, 2.24) is 0 Å². The molecule has 1 aromatic heterocycles. The zero-order chi connectivity index (χ0) is 12.0. The molecule has 17 heavy (non-hydrogen) atoms. The third kappa shape index (κ3) is 1.52. The van der Waals surface area contributed by atoms with Gasteiger partial charge in [-0.2, -0.15) is 0 Å². The van der Waals surface area contributed by atoms with Crippen LogP contribution in [0.25, 0.3) is 0 Å². The number of fused-ring (bicyclic) bond motifs is 1. The molecule has 2 heteroatoms. The number of hydrogen-bond acceptors (Lipinski definition) is 2. The Balaban J connectivity index is 1.94. The molecule has 1 unspecified atom stereocenters. The van der Waals surface area contributed by atoms with Crippen molar-refractivity contribution in [2.24, 2.45) is 0 Å². The second kappa shape index (κ2) is 3.59. The van der Waals surface area contributed by atoms with Crippen LogP contribution in [0.5, 0.6) is 0 Å². The number of aryl methyl sites for hydroxylation is 2. The summed E-state index contributed by atoms with van der Waals surface area (Å²) in [6.07, 6.45) is 0.860. The Morgan fingerprint density at radius 1 is 1.29 bits per heavy atom. The number of furan rings is 1. The van der Waals surface area contributed by atoms with Gasteiger partial charge in [0, 0.05) is 0 Å². The molecule has 0 fully saturated rings. The van der Waals surface area contributed by atoms with Crippen molar-refractivity contribution < 1.29 is 9.21 Å². The van der Waals surface area contributed by atoms with Gasteiger partial charge in [0.1, 0.15) is 11.5 Å². The molecule has 1 heterocycles. The molecule has 0 saturated heterocycles. The van der Waals surface area contributed by atoms with Crippen molar-refractivity contribution in [3.8, 4) is 0 Å². The first-order chi connectivity index (χ1) is 8.16. The van der Waals surface area contributed by atoms with Gasteiger partial charge in [-0.15, -0.1) is 0 Å². The van der Waals surface area contributed by atoms with E-state index < -0.39 is 0 Å². The van der Waals surface area contributed by atoms with Crippen molar-refractivity contribution in [3.05, 3.63) is 58.5 Å². The van der Waals surface area contributed by atoms with Gasteiger partial charge in [-0.05, 0) is 37.5 Å². The highest BCUT2D eigenvalue weighted by atomic mass is 16.3. The lowest BCUT2D eigenvalue weighted by atomic mass is 9.74. The molecule has 0 aliphatic heterocycles. The smallest absolute Gasteiger partial charge is 0.174 e. The molecule has 2 nitrogen and oxygen atoms in total. The molecule has 0 radical (unpaired) electrons. The van der Waals surface area contributed by atoms with Gasteiger partial charge in [-0.25, -0.2) is 0 Å². The van der Waals surface area contributed by atoms with Gasteiger partial charge in [0.05, 0.1) is 11.5 Å². The van der Waals surface area contributed by atoms with E-state index in [-0.39, 0.29) is 11.7 Å². The number of rotatable bonds is 2. The molecule has 0 N–H and O–H groups in total. The highest BCUT2D eigenvalue weighted by Crippen LogP contribution is 2.37. The Morgan fingerprint density at radius 3 is 2.71 bits per heavy atom. The summed E-state index contributed by atoms with van der Waals surface area (Å²) in [6.45, 7) is 3.73. The monoisotopic (exact) mass is 226 g/mol. The fourth-order valence-electron chi connectivity index (χ4n) is 2.56. The number of carbonyl (C=O) groups excluding carboxylic acids is 1. The van der Waals surface area contributed by atoms with Gasteiger partial charge >= 0.3 is 0 Å². The molecule has 3 rings (SSSR count). The Labute approximate surface area is 100 Å². The molecular formula is C15H14O2. The SMILES string of the molecule is Cc1cc(C(=O)C2Cc3ccccc32)c(C)o1. The molecule has 0 amide bonds. The van der Waals surface area contributed by atoms with Crippen LogP contribution in [-0.2, 0) is 6.42 Å². The number of hydrogen-bond donors (Lipinski definition) is 0. The summed E-state index contributed by atoms with van der Waals surface area (Å²) in [5.41, 5.74) is 3.21. The largest absolute Gasteiger partial charge is 0.466 e. The third-order valence-electron chi connectivity index (χ3n) is 3.48. The molecule has 86 valence electrons. The van der Waals surface area contributed by atoms with Crippen molar-refractivity contribution in [3.63, 3.8) is 0 Å². The molecule has 0 saturated carbocycles. The van der Waals surface area contributed by atoms with E-state index in [0.717, 1.165) is 23.5 Å². The summed E-state index contributed by atoms with van der Waals surface area (Å²) in [4.78, 5) is 12.4. The molecule has 2 aromatic rings. The van der Waals surface area contributed by atoms with E-state index in [1.54, 1.807) is 0 Å². The molecule has 1 aliphatic rings. The predicted octanol–water partition coefficient (Wildman–Crippen LogP) is 3.42. The zero-order valence-electron chi connectivity index (χ0n) is 9.99. The van der Waals surface area contributed by atoms with Gasteiger partial charge in [0.15, 0.2) is 5.78 Å². The van der Waals surface area contributed by atoms with E-state index in [1.165, 1.54) is 11.1 Å². The van der Waals surface area contributed by atoms with E-state index >= 15 is 0 Å². The number of ketones is 1. The number of Topliss-reactive ketones (excluding diaryl/α,β-unsaturated/α-hetero) is 1. The van der Waals surface area contributed by atoms with E-state index in [1.807, 2.05) is 38.1 Å². The minimum Gasteiger partial charge on any atom is -0.466 e. The Bertz CT molecular complexity index is 593. The van der Waals surface area contributed by atoms with Crippen molar-refractivity contribution in [2.75, 3.05) is 0 Å². The molecule has 1 aromatic carbocycles. The minimum atomic E-state index is 0.0295. The van der Waals surface area contributed by atoms with Gasteiger partial charge < -0.3 is 4.42 Å². The number of benzene rings is 1. The van der Waals surface area contributed by atoms with Crippen LogP contribution in [-0.4, -0.2) is 5.78 Å². The first-order valence-corrected chi connectivity index (χ1v) is 5.86. The lowest BCUT2D eigenvalue weighted by Crippen LogP contribution is -2.25. The average Bonchev–Trinajstić information content (AvgIpc) is 2.59. The maximum absolute atomic E-state index is 12.4. The average molecular weight is 226 g/mol. The zero-order valence-corrected chi connectivity index (χ0v) is 9.99. The van der Waals surface area contributed by atoms with Gasteiger partial charge in [-0.1, -0.05) is 24.3 Å². The van der Waals surface area contributed by atoms with Crippen LogP contribution in [0.1, 0.15) is 38.9 Å². The Hall–Kier alpha value is -1.83. The predicted molar refractivity (Wildman–Crippen MR) is 65.4 cm³/mol. The van der Waals surface area contributed by atoms with E-state index in [0.29, 0.717) is 0 Å². The molecule has 1 aliphatic carbocycles. The summed E-state index contributed by atoms with van der Waals surface area (Å²) >= 11 is 0. The van der Waals surface area contributed by atoms with Gasteiger partial charge in [0.2, 0.25) is 0 Å². The summed E-state index contributed by atoms with van der Waals surface area (Å²) in [5.74, 6) is 1.76. The fourth-order valence-corrected chi connectivity index (χ4v) is 2.56. The van der Waals surface area contributed by atoms with Gasteiger partial charge in [-0.3, -0.25) is 4.79 Å². The first-order valence-electron chi connectivity index (χ1n) is 5.86. The highest BCUT2D eigenvalue weighted by molar-refractivity contribution is 6.03. The standard InChI is InChI=1S/C15H14O2/c1-9-7-13(10(2)17-9)15(16)14-8-11-5-3-4-6-12(11)14/h3-7,14H,8H2,1-2H3.